The summed E-state index contributed by atoms with van der Waals surface area (Å²) in [6, 6.07) is 17.2. The second-order valence-corrected chi connectivity index (χ2v) is 5.28. The SMILES string of the molecule is COc1cccc(-c2nc(-c3ccc(C#N)cc3)n3ccoc23)c1. The van der Waals surface area contributed by atoms with Crippen molar-refractivity contribution in [3.8, 4) is 34.5 Å². The van der Waals surface area contributed by atoms with E-state index in [-0.39, 0.29) is 0 Å². The molecule has 2 aromatic carbocycles. The van der Waals surface area contributed by atoms with Gasteiger partial charge in [-0.3, -0.25) is 4.40 Å². The topological polar surface area (TPSA) is 63.5 Å². The number of imidazole rings is 1. The van der Waals surface area contributed by atoms with Crippen LogP contribution in [0.2, 0.25) is 0 Å². The molecule has 0 radical (unpaired) electrons. The molecule has 0 N–H and O–H groups in total. The van der Waals surface area contributed by atoms with E-state index in [0.717, 1.165) is 28.4 Å². The van der Waals surface area contributed by atoms with Crippen molar-refractivity contribution in [2.24, 2.45) is 0 Å². The van der Waals surface area contributed by atoms with Crippen molar-refractivity contribution in [3.63, 3.8) is 0 Å². The second-order valence-electron chi connectivity index (χ2n) is 5.28. The minimum atomic E-state index is 0.617. The molecule has 4 aromatic rings. The van der Waals surface area contributed by atoms with E-state index in [2.05, 4.69) is 6.07 Å². The normalized spacial score (nSPS) is 10.7. The fourth-order valence-electron chi connectivity index (χ4n) is 2.68. The molecule has 0 aliphatic rings. The van der Waals surface area contributed by atoms with E-state index in [9.17, 15) is 0 Å². The number of rotatable bonds is 3. The molecule has 5 heteroatoms. The lowest BCUT2D eigenvalue weighted by molar-refractivity contribution is 0.415. The fraction of sp³-hybridized carbons (Fsp3) is 0.0526. The smallest absolute Gasteiger partial charge is 0.231 e. The van der Waals surface area contributed by atoms with Crippen molar-refractivity contribution < 1.29 is 9.15 Å². The number of oxazole rings is 1. The maximum Gasteiger partial charge on any atom is 0.231 e. The lowest BCUT2D eigenvalue weighted by atomic mass is 10.1. The molecule has 5 nitrogen and oxygen atoms in total. The summed E-state index contributed by atoms with van der Waals surface area (Å²) in [6.45, 7) is 0. The molecule has 0 saturated heterocycles. The number of benzene rings is 2. The predicted octanol–water partition coefficient (Wildman–Crippen LogP) is 4.14. The highest BCUT2D eigenvalue weighted by Gasteiger charge is 2.17. The van der Waals surface area contributed by atoms with Gasteiger partial charge in [-0.05, 0) is 36.4 Å². The van der Waals surface area contributed by atoms with Crippen LogP contribution in [0.1, 0.15) is 5.56 Å². The maximum absolute atomic E-state index is 8.94. The summed E-state index contributed by atoms with van der Waals surface area (Å²) >= 11 is 0. The zero-order valence-electron chi connectivity index (χ0n) is 12.9. The van der Waals surface area contributed by atoms with Crippen LogP contribution in [0.25, 0.3) is 28.4 Å². The van der Waals surface area contributed by atoms with Gasteiger partial charge in [-0.2, -0.15) is 5.26 Å². The number of aromatic nitrogens is 2. The minimum absolute atomic E-state index is 0.617. The van der Waals surface area contributed by atoms with Gasteiger partial charge >= 0.3 is 0 Å². The third-order valence-electron chi connectivity index (χ3n) is 3.87. The standard InChI is InChI=1S/C19H13N3O2/c1-23-16-4-2-3-15(11-16)17-19-22(9-10-24-19)18(21-17)14-7-5-13(12-20)6-8-14/h2-11H,1H3. The van der Waals surface area contributed by atoms with Crippen LogP contribution in [-0.2, 0) is 0 Å². The molecule has 0 fully saturated rings. The van der Waals surface area contributed by atoms with Crippen LogP contribution in [0.4, 0.5) is 0 Å². The quantitative estimate of drug-likeness (QED) is 0.570. The maximum atomic E-state index is 8.94. The largest absolute Gasteiger partial charge is 0.497 e. The zero-order valence-corrected chi connectivity index (χ0v) is 12.9. The third-order valence-corrected chi connectivity index (χ3v) is 3.87. The van der Waals surface area contributed by atoms with Crippen LogP contribution in [0, 0.1) is 11.3 Å². The Kier molecular flexibility index (Phi) is 3.29. The minimum Gasteiger partial charge on any atom is -0.497 e. The molecule has 2 heterocycles. The van der Waals surface area contributed by atoms with Crippen molar-refractivity contribution in [2.75, 3.05) is 7.11 Å². The van der Waals surface area contributed by atoms with Gasteiger partial charge in [-0.25, -0.2) is 4.98 Å². The molecule has 0 unspecified atom stereocenters. The van der Waals surface area contributed by atoms with Crippen molar-refractivity contribution in [3.05, 3.63) is 66.6 Å². The number of fused-ring (bicyclic) bond motifs is 1. The molecule has 0 atom stereocenters. The first-order valence-electron chi connectivity index (χ1n) is 7.40. The summed E-state index contributed by atoms with van der Waals surface area (Å²) in [7, 11) is 1.64. The first-order chi connectivity index (χ1) is 11.8. The Bertz CT molecular complexity index is 1050. The highest BCUT2D eigenvalue weighted by molar-refractivity contribution is 5.78. The summed E-state index contributed by atoms with van der Waals surface area (Å²) in [4.78, 5) is 4.75. The van der Waals surface area contributed by atoms with Gasteiger partial charge in [0.05, 0.1) is 18.7 Å². The van der Waals surface area contributed by atoms with Gasteiger partial charge in [0, 0.05) is 17.3 Å². The van der Waals surface area contributed by atoms with Gasteiger partial charge in [0.1, 0.15) is 23.5 Å². The van der Waals surface area contributed by atoms with Crippen molar-refractivity contribution >= 4 is 5.71 Å². The second kappa shape index (κ2) is 5.60. The number of ether oxygens (including phenoxy) is 1. The van der Waals surface area contributed by atoms with Crippen LogP contribution >= 0.6 is 0 Å². The van der Waals surface area contributed by atoms with Crippen LogP contribution in [0.15, 0.2) is 65.4 Å². The highest BCUT2D eigenvalue weighted by atomic mass is 16.5. The predicted molar refractivity (Wildman–Crippen MR) is 89.6 cm³/mol. The van der Waals surface area contributed by atoms with Crippen molar-refractivity contribution in [2.45, 2.75) is 0 Å². The lowest BCUT2D eigenvalue weighted by Gasteiger charge is -2.01. The highest BCUT2D eigenvalue weighted by Crippen LogP contribution is 2.31. The van der Waals surface area contributed by atoms with E-state index >= 15 is 0 Å². The van der Waals surface area contributed by atoms with Gasteiger partial charge in [0.15, 0.2) is 0 Å². The van der Waals surface area contributed by atoms with Crippen LogP contribution in [0.5, 0.6) is 5.75 Å². The van der Waals surface area contributed by atoms with Gasteiger partial charge in [-0.1, -0.05) is 12.1 Å². The van der Waals surface area contributed by atoms with Crippen LogP contribution in [0.3, 0.4) is 0 Å². The lowest BCUT2D eigenvalue weighted by Crippen LogP contribution is -1.86. The molecule has 0 saturated carbocycles. The Balaban J connectivity index is 1.89. The molecule has 116 valence electrons. The number of nitriles is 1. The summed E-state index contributed by atoms with van der Waals surface area (Å²) in [5.41, 5.74) is 3.87. The van der Waals surface area contributed by atoms with E-state index in [1.165, 1.54) is 0 Å². The third kappa shape index (κ3) is 2.22. The van der Waals surface area contributed by atoms with E-state index in [1.54, 1.807) is 25.5 Å². The monoisotopic (exact) mass is 315 g/mol. The average Bonchev–Trinajstić information content (AvgIpc) is 3.24. The van der Waals surface area contributed by atoms with E-state index < -0.39 is 0 Å². The first-order valence-corrected chi connectivity index (χ1v) is 7.40. The van der Waals surface area contributed by atoms with Crippen molar-refractivity contribution in [1.82, 2.24) is 9.38 Å². The Labute approximate surface area is 138 Å². The van der Waals surface area contributed by atoms with Gasteiger partial charge in [-0.15, -0.1) is 0 Å². The number of methoxy groups -OCH3 is 1. The molecule has 0 spiro atoms. The van der Waals surface area contributed by atoms with Crippen molar-refractivity contribution in [1.29, 1.82) is 5.26 Å². The fourth-order valence-corrected chi connectivity index (χ4v) is 2.68. The molecule has 0 aliphatic heterocycles. The Morgan fingerprint density at radius 1 is 1.12 bits per heavy atom. The van der Waals surface area contributed by atoms with Gasteiger partial charge in [0.25, 0.3) is 0 Å². The molecule has 24 heavy (non-hydrogen) atoms. The average molecular weight is 315 g/mol. The van der Waals surface area contributed by atoms with E-state index in [1.807, 2.05) is 47.0 Å². The Morgan fingerprint density at radius 3 is 2.71 bits per heavy atom. The Morgan fingerprint density at radius 2 is 1.96 bits per heavy atom. The first kappa shape index (κ1) is 14.1. The number of hydrogen-bond donors (Lipinski definition) is 0. The van der Waals surface area contributed by atoms with Crippen LogP contribution < -0.4 is 4.74 Å². The number of nitrogens with zero attached hydrogens (tertiary/aromatic N) is 3. The summed E-state index contributed by atoms with van der Waals surface area (Å²) < 4.78 is 12.8. The number of hydrogen-bond acceptors (Lipinski definition) is 4. The summed E-state index contributed by atoms with van der Waals surface area (Å²) in [6.07, 6.45) is 3.47. The molecular formula is C19H13N3O2. The summed E-state index contributed by atoms with van der Waals surface area (Å²) in [5, 5.41) is 8.94. The van der Waals surface area contributed by atoms with Gasteiger partial charge in [0.2, 0.25) is 5.71 Å². The summed E-state index contributed by atoms with van der Waals surface area (Å²) in [5.74, 6) is 1.53. The van der Waals surface area contributed by atoms with Crippen LogP contribution in [-0.4, -0.2) is 16.5 Å². The van der Waals surface area contributed by atoms with E-state index in [0.29, 0.717) is 11.3 Å². The molecule has 4 rings (SSSR count). The molecule has 0 bridgehead atoms. The van der Waals surface area contributed by atoms with Gasteiger partial charge < -0.3 is 9.15 Å². The molecule has 0 aliphatic carbocycles. The Hall–Kier alpha value is -3.52. The molecular weight excluding hydrogens is 302 g/mol. The van der Waals surface area contributed by atoms with E-state index in [4.69, 9.17) is 19.4 Å². The zero-order chi connectivity index (χ0) is 16.5. The molecule has 0 amide bonds. The molecule has 2 aromatic heterocycles.